The van der Waals surface area contributed by atoms with Gasteiger partial charge in [0.25, 0.3) is 0 Å². The lowest BCUT2D eigenvalue weighted by molar-refractivity contribution is 0.0225. The van der Waals surface area contributed by atoms with E-state index >= 15 is 0 Å². The Bertz CT molecular complexity index is 467. The highest BCUT2D eigenvalue weighted by Crippen LogP contribution is 2.02. The normalized spacial score (nSPS) is 12.7. The van der Waals surface area contributed by atoms with Crippen molar-refractivity contribution < 1.29 is 14.3 Å². The van der Waals surface area contributed by atoms with Gasteiger partial charge in [-0.3, -0.25) is 4.68 Å². The highest BCUT2D eigenvalue weighted by molar-refractivity contribution is 4.98. The van der Waals surface area contributed by atoms with Crippen LogP contribution in [-0.2, 0) is 24.9 Å². The van der Waals surface area contributed by atoms with Crippen LogP contribution in [0.15, 0.2) is 35.1 Å². The van der Waals surface area contributed by atoms with Crippen LogP contribution in [0.1, 0.15) is 11.5 Å². The van der Waals surface area contributed by atoms with Crippen molar-refractivity contribution in [1.29, 1.82) is 0 Å². The summed E-state index contributed by atoms with van der Waals surface area (Å²) in [5.41, 5.74) is 0.950. The average molecular weight is 265 g/mol. The number of hydrogen-bond donors (Lipinski definition) is 2. The van der Waals surface area contributed by atoms with Gasteiger partial charge in [0, 0.05) is 26.3 Å². The third-order valence-corrected chi connectivity index (χ3v) is 2.59. The summed E-state index contributed by atoms with van der Waals surface area (Å²) in [5, 5.41) is 17.1. The van der Waals surface area contributed by atoms with Crippen LogP contribution >= 0.6 is 0 Å². The molecule has 2 aromatic rings. The highest BCUT2D eigenvalue weighted by Gasteiger charge is 2.05. The number of rotatable bonds is 8. The molecule has 1 unspecified atom stereocenters. The van der Waals surface area contributed by atoms with Gasteiger partial charge in [0.2, 0.25) is 0 Å². The van der Waals surface area contributed by atoms with Crippen molar-refractivity contribution in [1.82, 2.24) is 15.1 Å². The van der Waals surface area contributed by atoms with Crippen LogP contribution in [0.3, 0.4) is 0 Å². The van der Waals surface area contributed by atoms with Gasteiger partial charge in [0.15, 0.2) is 0 Å². The largest absolute Gasteiger partial charge is 0.467 e. The summed E-state index contributed by atoms with van der Waals surface area (Å²) in [4.78, 5) is 0. The van der Waals surface area contributed by atoms with Crippen LogP contribution in [-0.4, -0.2) is 34.1 Å². The molecule has 19 heavy (non-hydrogen) atoms. The first-order chi connectivity index (χ1) is 9.24. The number of aromatic nitrogens is 2. The van der Waals surface area contributed by atoms with E-state index < -0.39 is 6.10 Å². The molecular weight excluding hydrogens is 246 g/mol. The molecule has 2 aromatic heterocycles. The average Bonchev–Trinajstić information content (AvgIpc) is 3.01. The minimum atomic E-state index is -0.543. The van der Waals surface area contributed by atoms with E-state index in [9.17, 15) is 5.11 Å². The molecule has 0 aliphatic rings. The Morgan fingerprint density at radius 2 is 2.42 bits per heavy atom. The number of aliphatic hydroxyl groups is 1. The highest BCUT2D eigenvalue weighted by atomic mass is 16.5. The molecular formula is C13H19N3O3. The molecule has 1 atom stereocenters. The Balaban J connectivity index is 1.55. The standard InChI is InChI=1S/C13H19N3O3/c1-16-5-4-11(15-16)7-14-8-12(17)9-18-10-13-3-2-6-19-13/h2-6,12,14,17H,7-10H2,1H3. The number of aryl methyl sites for hydroxylation is 1. The molecule has 0 aromatic carbocycles. The lowest BCUT2D eigenvalue weighted by atomic mass is 10.3. The zero-order valence-electron chi connectivity index (χ0n) is 11.0. The smallest absolute Gasteiger partial charge is 0.129 e. The molecule has 104 valence electrons. The van der Waals surface area contributed by atoms with Crippen molar-refractivity contribution in [2.24, 2.45) is 7.05 Å². The van der Waals surface area contributed by atoms with Crippen molar-refractivity contribution in [3.63, 3.8) is 0 Å². The van der Waals surface area contributed by atoms with Gasteiger partial charge in [0.1, 0.15) is 12.4 Å². The Labute approximate surface area is 112 Å². The van der Waals surface area contributed by atoms with Gasteiger partial charge in [-0.1, -0.05) is 0 Å². The van der Waals surface area contributed by atoms with Gasteiger partial charge in [-0.2, -0.15) is 5.10 Å². The molecule has 2 rings (SSSR count). The fourth-order valence-electron chi connectivity index (χ4n) is 1.67. The van der Waals surface area contributed by atoms with E-state index in [-0.39, 0.29) is 6.61 Å². The summed E-state index contributed by atoms with van der Waals surface area (Å²) < 4.78 is 12.2. The zero-order chi connectivity index (χ0) is 13.5. The number of hydrogen-bond acceptors (Lipinski definition) is 5. The van der Waals surface area contributed by atoms with Crippen molar-refractivity contribution in [2.45, 2.75) is 19.3 Å². The third-order valence-electron chi connectivity index (χ3n) is 2.59. The molecule has 0 fully saturated rings. The predicted molar refractivity (Wildman–Crippen MR) is 69.3 cm³/mol. The van der Waals surface area contributed by atoms with Gasteiger partial charge in [-0.05, 0) is 18.2 Å². The summed E-state index contributed by atoms with van der Waals surface area (Å²) in [6, 6.07) is 5.59. The fraction of sp³-hybridized carbons (Fsp3) is 0.462. The second kappa shape index (κ2) is 7.08. The van der Waals surface area contributed by atoms with Gasteiger partial charge < -0.3 is 19.6 Å². The summed E-state index contributed by atoms with van der Waals surface area (Å²) in [7, 11) is 1.88. The molecule has 0 aliphatic heterocycles. The van der Waals surface area contributed by atoms with Crippen molar-refractivity contribution in [3.8, 4) is 0 Å². The van der Waals surface area contributed by atoms with E-state index in [1.165, 1.54) is 0 Å². The number of furan rings is 1. The molecule has 0 bridgehead atoms. The topological polar surface area (TPSA) is 72.5 Å². The van der Waals surface area contributed by atoms with E-state index in [4.69, 9.17) is 9.15 Å². The Morgan fingerprint density at radius 3 is 3.11 bits per heavy atom. The van der Waals surface area contributed by atoms with Gasteiger partial charge in [0.05, 0.1) is 24.7 Å². The van der Waals surface area contributed by atoms with Crippen LogP contribution in [0.25, 0.3) is 0 Å². The molecule has 0 saturated heterocycles. The number of ether oxygens (including phenoxy) is 1. The second-order valence-electron chi connectivity index (χ2n) is 4.36. The number of nitrogens with one attached hydrogen (secondary N) is 1. The first-order valence-electron chi connectivity index (χ1n) is 6.21. The summed E-state index contributed by atoms with van der Waals surface area (Å²) in [5.74, 6) is 0.758. The first kappa shape index (κ1) is 13.8. The molecule has 0 radical (unpaired) electrons. The Kier molecular flexibility index (Phi) is 5.14. The lowest BCUT2D eigenvalue weighted by Gasteiger charge is -2.11. The monoisotopic (exact) mass is 265 g/mol. The van der Waals surface area contributed by atoms with Gasteiger partial charge >= 0.3 is 0 Å². The minimum absolute atomic E-state index is 0.274. The van der Waals surface area contributed by atoms with Crippen LogP contribution in [0.2, 0.25) is 0 Å². The fourth-order valence-corrected chi connectivity index (χ4v) is 1.67. The molecule has 0 saturated carbocycles. The van der Waals surface area contributed by atoms with Crippen molar-refractivity contribution in [3.05, 3.63) is 42.1 Å². The van der Waals surface area contributed by atoms with Crippen molar-refractivity contribution in [2.75, 3.05) is 13.2 Å². The number of nitrogens with zero attached hydrogens (tertiary/aromatic N) is 2. The predicted octanol–water partition coefficient (Wildman–Crippen LogP) is 0.680. The van der Waals surface area contributed by atoms with Gasteiger partial charge in [-0.15, -0.1) is 0 Å². The van der Waals surface area contributed by atoms with E-state index in [0.717, 1.165) is 11.5 Å². The summed E-state index contributed by atoms with van der Waals surface area (Å²) in [6.07, 6.45) is 2.95. The summed E-state index contributed by atoms with van der Waals surface area (Å²) in [6.45, 7) is 1.75. The zero-order valence-corrected chi connectivity index (χ0v) is 11.0. The maximum atomic E-state index is 9.72. The van der Waals surface area contributed by atoms with Crippen LogP contribution in [0, 0.1) is 0 Å². The Morgan fingerprint density at radius 1 is 1.53 bits per heavy atom. The minimum Gasteiger partial charge on any atom is -0.467 e. The van der Waals surface area contributed by atoms with E-state index in [2.05, 4.69) is 10.4 Å². The SMILES string of the molecule is Cn1ccc(CNCC(O)COCc2ccco2)n1. The Hall–Kier alpha value is -1.63. The maximum absolute atomic E-state index is 9.72. The second-order valence-corrected chi connectivity index (χ2v) is 4.36. The van der Waals surface area contributed by atoms with Crippen molar-refractivity contribution >= 4 is 0 Å². The molecule has 0 amide bonds. The quantitative estimate of drug-likeness (QED) is 0.734. The van der Waals surface area contributed by atoms with Crippen LogP contribution in [0.5, 0.6) is 0 Å². The third kappa shape index (κ3) is 4.86. The molecule has 2 N–H and O–H groups in total. The molecule has 2 heterocycles. The van der Waals surface area contributed by atoms with Crippen LogP contribution in [0.4, 0.5) is 0 Å². The lowest BCUT2D eigenvalue weighted by Crippen LogP contribution is -2.30. The summed E-state index contributed by atoms with van der Waals surface area (Å²) >= 11 is 0. The van der Waals surface area contributed by atoms with Crippen LogP contribution < -0.4 is 5.32 Å². The maximum Gasteiger partial charge on any atom is 0.129 e. The molecule has 0 spiro atoms. The first-order valence-corrected chi connectivity index (χ1v) is 6.21. The van der Waals surface area contributed by atoms with E-state index in [0.29, 0.717) is 19.7 Å². The number of aliphatic hydroxyl groups excluding tert-OH is 1. The molecule has 0 aliphatic carbocycles. The molecule has 6 heteroatoms. The van der Waals surface area contributed by atoms with E-state index in [1.54, 1.807) is 10.9 Å². The van der Waals surface area contributed by atoms with Gasteiger partial charge in [-0.25, -0.2) is 0 Å². The van der Waals surface area contributed by atoms with E-state index in [1.807, 2.05) is 31.4 Å². The molecule has 6 nitrogen and oxygen atoms in total.